The third-order valence-electron chi connectivity index (χ3n) is 2.18. The maximum Gasteiger partial charge on any atom is 0.268 e. The van der Waals surface area contributed by atoms with Gasteiger partial charge in [-0.05, 0) is 20.8 Å². The van der Waals surface area contributed by atoms with Crippen LogP contribution in [-0.2, 0) is 10.0 Å². The molecule has 7 nitrogen and oxygen atoms in total. The van der Waals surface area contributed by atoms with Gasteiger partial charge in [-0.3, -0.25) is 9.82 Å². The van der Waals surface area contributed by atoms with Crippen LogP contribution in [0.4, 0.5) is 5.82 Å². The highest BCUT2D eigenvalue weighted by atomic mass is 32.2. The molecule has 2 N–H and O–H groups in total. The fourth-order valence-electron chi connectivity index (χ4n) is 1.52. The standard InChI is InChI=1S/C9H12N4O3S/c1-5-4-8(11-10-5)13-17(14,15)9-6(2)12-16-7(9)3/h4H,1-3H3,(H2,10,11,13). The highest BCUT2D eigenvalue weighted by Gasteiger charge is 2.24. The van der Waals surface area contributed by atoms with Crippen LogP contribution in [0.1, 0.15) is 17.1 Å². The Morgan fingerprint density at radius 1 is 1.35 bits per heavy atom. The van der Waals surface area contributed by atoms with Gasteiger partial charge in [0.1, 0.15) is 5.69 Å². The normalized spacial score (nSPS) is 11.7. The Morgan fingerprint density at radius 3 is 2.53 bits per heavy atom. The summed E-state index contributed by atoms with van der Waals surface area (Å²) in [4.78, 5) is 0.0538. The molecule has 17 heavy (non-hydrogen) atoms. The maximum atomic E-state index is 12.0. The number of aromatic nitrogens is 3. The number of H-pyrrole nitrogens is 1. The molecule has 0 aliphatic heterocycles. The van der Waals surface area contributed by atoms with E-state index in [9.17, 15) is 8.42 Å². The Balaban J connectivity index is 2.38. The summed E-state index contributed by atoms with van der Waals surface area (Å²) in [5.74, 6) is 0.491. The van der Waals surface area contributed by atoms with Gasteiger partial charge in [-0.1, -0.05) is 5.16 Å². The molecule has 0 spiro atoms. The molecule has 0 radical (unpaired) electrons. The van der Waals surface area contributed by atoms with Crippen molar-refractivity contribution >= 4 is 15.8 Å². The molecule has 8 heteroatoms. The Kier molecular flexibility index (Phi) is 2.66. The average Bonchev–Trinajstić information content (AvgIpc) is 2.73. The molecule has 0 amide bonds. The van der Waals surface area contributed by atoms with Crippen LogP contribution in [0.15, 0.2) is 15.5 Å². The van der Waals surface area contributed by atoms with E-state index in [1.54, 1.807) is 26.8 Å². The summed E-state index contributed by atoms with van der Waals surface area (Å²) in [6.07, 6.45) is 0. The van der Waals surface area contributed by atoms with E-state index in [0.717, 1.165) is 5.69 Å². The minimum absolute atomic E-state index is 0.0538. The van der Waals surface area contributed by atoms with Crippen molar-refractivity contribution in [1.82, 2.24) is 15.4 Å². The first-order chi connectivity index (χ1) is 7.90. The number of aromatic amines is 1. The molecular formula is C9H12N4O3S. The third kappa shape index (κ3) is 2.16. The van der Waals surface area contributed by atoms with Crippen LogP contribution in [-0.4, -0.2) is 23.8 Å². The van der Waals surface area contributed by atoms with Gasteiger partial charge in [0.05, 0.1) is 0 Å². The highest BCUT2D eigenvalue weighted by molar-refractivity contribution is 7.92. The lowest BCUT2D eigenvalue weighted by Gasteiger charge is -2.03. The molecular weight excluding hydrogens is 244 g/mol. The molecule has 0 aliphatic rings. The molecule has 0 aromatic carbocycles. The summed E-state index contributed by atoms with van der Waals surface area (Å²) in [6.45, 7) is 4.89. The quantitative estimate of drug-likeness (QED) is 0.857. The van der Waals surface area contributed by atoms with Crippen LogP contribution in [0.5, 0.6) is 0 Å². The van der Waals surface area contributed by atoms with Gasteiger partial charge < -0.3 is 4.52 Å². The van der Waals surface area contributed by atoms with Crippen molar-refractivity contribution in [3.63, 3.8) is 0 Å². The first kappa shape index (κ1) is 11.6. The van der Waals surface area contributed by atoms with Crippen molar-refractivity contribution < 1.29 is 12.9 Å². The van der Waals surface area contributed by atoms with Crippen LogP contribution < -0.4 is 4.72 Å². The summed E-state index contributed by atoms with van der Waals surface area (Å²) in [5, 5.41) is 10.1. The van der Waals surface area contributed by atoms with E-state index >= 15 is 0 Å². The Bertz CT molecular complexity index is 622. The van der Waals surface area contributed by atoms with Crippen molar-refractivity contribution in [3.05, 3.63) is 23.2 Å². The van der Waals surface area contributed by atoms with Crippen LogP contribution in [0.25, 0.3) is 0 Å². The number of nitrogens with zero attached hydrogens (tertiary/aromatic N) is 2. The van der Waals surface area contributed by atoms with Crippen LogP contribution in [0.2, 0.25) is 0 Å². The third-order valence-corrected chi connectivity index (χ3v) is 3.78. The van der Waals surface area contributed by atoms with Gasteiger partial charge in [-0.25, -0.2) is 8.42 Å². The van der Waals surface area contributed by atoms with Gasteiger partial charge in [0.2, 0.25) is 0 Å². The Hall–Kier alpha value is -1.83. The average molecular weight is 256 g/mol. The molecule has 92 valence electrons. The highest BCUT2D eigenvalue weighted by Crippen LogP contribution is 2.21. The van der Waals surface area contributed by atoms with E-state index in [2.05, 4.69) is 20.1 Å². The second-order valence-corrected chi connectivity index (χ2v) is 5.31. The van der Waals surface area contributed by atoms with Crippen molar-refractivity contribution in [2.24, 2.45) is 0 Å². The first-order valence-corrected chi connectivity index (χ1v) is 6.36. The smallest absolute Gasteiger partial charge is 0.268 e. The minimum Gasteiger partial charge on any atom is -0.360 e. The molecule has 0 aliphatic carbocycles. The predicted molar refractivity (Wildman–Crippen MR) is 60.1 cm³/mol. The molecule has 0 saturated carbocycles. The maximum absolute atomic E-state index is 12.0. The predicted octanol–water partition coefficient (Wildman–Crippen LogP) is 1.12. The summed E-state index contributed by atoms with van der Waals surface area (Å²) in [7, 11) is -3.71. The SMILES string of the molecule is Cc1cc(NS(=O)(=O)c2c(C)noc2C)n[nH]1. The lowest BCUT2D eigenvalue weighted by molar-refractivity contribution is 0.390. The first-order valence-electron chi connectivity index (χ1n) is 4.88. The zero-order valence-corrected chi connectivity index (χ0v) is 10.4. The van der Waals surface area contributed by atoms with E-state index in [4.69, 9.17) is 4.52 Å². The van der Waals surface area contributed by atoms with E-state index in [1.165, 1.54) is 0 Å². The van der Waals surface area contributed by atoms with Crippen LogP contribution in [0, 0.1) is 20.8 Å². The monoisotopic (exact) mass is 256 g/mol. The number of rotatable bonds is 3. The fourth-order valence-corrected chi connectivity index (χ4v) is 2.84. The largest absolute Gasteiger partial charge is 0.360 e. The molecule has 2 aromatic heterocycles. The number of anilines is 1. The van der Waals surface area contributed by atoms with Crippen molar-refractivity contribution in [1.29, 1.82) is 0 Å². The number of sulfonamides is 1. The Morgan fingerprint density at radius 2 is 2.06 bits per heavy atom. The molecule has 2 aromatic rings. The lowest BCUT2D eigenvalue weighted by Crippen LogP contribution is -2.14. The van der Waals surface area contributed by atoms with E-state index in [0.29, 0.717) is 5.69 Å². The molecule has 0 unspecified atom stereocenters. The van der Waals surface area contributed by atoms with Crippen molar-refractivity contribution in [2.75, 3.05) is 4.72 Å². The number of hydrogen-bond donors (Lipinski definition) is 2. The Labute approximate surface area is 98.3 Å². The number of nitrogens with one attached hydrogen (secondary N) is 2. The summed E-state index contributed by atoms with van der Waals surface area (Å²) >= 11 is 0. The molecule has 2 rings (SSSR count). The van der Waals surface area contributed by atoms with E-state index < -0.39 is 10.0 Å². The van der Waals surface area contributed by atoms with Crippen molar-refractivity contribution in [2.45, 2.75) is 25.7 Å². The molecule has 2 heterocycles. The van der Waals surface area contributed by atoms with Gasteiger partial charge in [0, 0.05) is 11.8 Å². The van der Waals surface area contributed by atoms with Crippen LogP contribution in [0.3, 0.4) is 0 Å². The molecule has 0 saturated heterocycles. The van der Waals surface area contributed by atoms with Gasteiger partial charge in [-0.2, -0.15) is 5.10 Å². The second kappa shape index (κ2) is 3.88. The molecule has 0 atom stereocenters. The summed E-state index contributed by atoms with van der Waals surface area (Å²) < 4.78 is 31.3. The zero-order valence-electron chi connectivity index (χ0n) is 9.60. The van der Waals surface area contributed by atoms with E-state index in [1.807, 2.05) is 0 Å². The topological polar surface area (TPSA) is 101 Å². The van der Waals surface area contributed by atoms with Gasteiger partial charge in [-0.15, -0.1) is 0 Å². The lowest BCUT2D eigenvalue weighted by atomic mass is 10.4. The van der Waals surface area contributed by atoms with Gasteiger partial charge in [0.15, 0.2) is 16.5 Å². The second-order valence-electron chi connectivity index (χ2n) is 3.69. The van der Waals surface area contributed by atoms with Crippen molar-refractivity contribution in [3.8, 4) is 0 Å². The minimum atomic E-state index is -3.71. The number of aryl methyl sites for hydroxylation is 3. The summed E-state index contributed by atoms with van der Waals surface area (Å²) in [5.41, 5.74) is 1.09. The molecule has 0 bridgehead atoms. The van der Waals surface area contributed by atoms with Crippen LogP contribution >= 0.6 is 0 Å². The summed E-state index contributed by atoms with van der Waals surface area (Å²) in [6, 6.07) is 1.59. The van der Waals surface area contributed by atoms with Gasteiger partial charge in [0.25, 0.3) is 10.0 Å². The molecule has 0 fully saturated rings. The number of hydrogen-bond acceptors (Lipinski definition) is 5. The van der Waals surface area contributed by atoms with Gasteiger partial charge >= 0.3 is 0 Å². The fraction of sp³-hybridized carbons (Fsp3) is 0.333. The van der Waals surface area contributed by atoms with E-state index in [-0.39, 0.29) is 16.5 Å². The zero-order chi connectivity index (χ0) is 12.6.